The maximum absolute atomic E-state index is 13.1. The van der Waals surface area contributed by atoms with Crippen LogP contribution < -0.4 is 10.2 Å². The van der Waals surface area contributed by atoms with Gasteiger partial charge >= 0.3 is 0 Å². The van der Waals surface area contributed by atoms with Gasteiger partial charge in [0.25, 0.3) is 5.91 Å². The van der Waals surface area contributed by atoms with Crippen LogP contribution in [0.4, 0.5) is 10.2 Å². The van der Waals surface area contributed by atoms with Crippen molar-refractivity contribution in [3.05, 3.63) is 72.4 Å². The van der Waals surface area contributed by atoms with E-state index >= 15 is 0 Å². The predicted molar refractivity (Wildman–Crippen MR) is 118 cm³/mol. The van der Waals surface area contributed by atoms with Gasteiger partial charge in [-0.2, -0.15) is 4.31 Å². The van der Waals surface area contributed by atoms with E-state index in [-0.39, 0.29) is 23.9 Å². The molecule has 3 aromatic rings. The number of pyridine rings is 1. The summed E-state index contributed by atoms with van der Waals surface area (Å²) < 4.78 is 45.3. The number of carbonyl (C=O) groups excluding carboxylic acids is 1. The Morgan fingerprint density at radius 2 is 1.78 bits per heavy atom. The second-order valence-corrected chi connectivity index (χ2v) is 9.41. The highest BCUT2D eigenvalue weighted by atomic mass is 32.2. The Hall–Kier alpha value is -3.24. The monoisotopic (exact) mass is 458 g/mol. The Morgan fingerprint density at radius 3 is 2.47 bits per heavy atom. The molecular weight excluding hydrogens is 435 g/mol. The number of piperazine rings is 1. The van der Waals surface area contributed by atoms with Crippen molar-refractivity contribution in [1.82, 2.24) is 14.6 Å². The lowest BCUT2D eigenvalue weighted by molar-refractivity contribution is 0.0929. The zero-order chi connectivity index (χ0) is 22.6. The molecule has 168 valence electrons. The minimum absolute atomic E-state index is 0.0335. The van der Waals surface area contributed by atoms with Crippen molar-refractivity contribution >= 4 is 21.7 Å². The number of nitrogens with one attached hydrogen (secondary N) is 1. The SMILES string of the molecule is O=C(NCCS(=O)(=O)N1CCN(c2ccccn2)CC1)c1ccc(-c2ccc(F)cc2)o1. The highest BCUT2D eigenvalue weighted by Crippen LogP contribution is 2.22. The van der Waals surface area contributed by atoms with Crippen molar-refractivity contribution in [2.75, 3.05) is 43.4 Å². The fourth-order valence-electron chi connectivity index (χ4n) is 3.48. The number of hydrogen-bond acceptors (Lipinski definition) is 6. The lowest BCUT2D eigenvalue weighted by atomic mass is 10.2. The molecule has 3 heterocycles. The molecule has 1 aliphatic heterocycles. The molecule has 1 saturated heterocycles. The number of furan rings is 1. The van der Waals surface area contributed by atoms with Crippen LogP contribution in [0.1, 0.15) is 10.6 Å². The number of benzene rings is 1. The summed E-state index contributed by atoms with van der Waals surface area (Å²) in [5.74, 6) is 0.245. The third-order valence-electron chi connectivity index (χ3n) is 5.21. The van der Waals surface area contributed by atoms with Crippen molar-refractivity contribution in [3.8, 4) is 11.3 Å². The highest BCUT2D eigenvalue weighted by molar-refractivity contribution is 7.89. The highest BCUT2D eigenvalue weighted by Gasteiger charge is 2.27. The average molecular weight is 459 g/mol. The summed E-state index contributed by atoms with van der Waals surface area (Å²) in [4.78, 5) is 18.7. The lowest BCUT2D eigenvalue weighted by Gasteiger charge is -2.34. The summed E-state index contributed by atoms with van der Waals surface area (Å²) in [5.41, 5.74) is 0.637. The van der Waals surface area contributed by atoms with Gasteiger partial charge in [0.2, 0.25) is 10.0 Å². The number of halogens is 1. The third-order valence-corrected chi connectivity index (χ3v) is 7.08. The molecule has 1 amide bonds. The molecule has 8 nitrogen and oxygen atoms in total. The number of nitrogens with zero attached hydrogens (tertiary/aromatic N) is 3. The number of aromatic nitrogens is 1. The Morgan fingerprint density at radius 1 is 1.03 bits per heavy atom. The minimum Gasteiger partial charge on any atom is -0.451 e. The van der Waals surface area contributed by atoms with E-state index in [2.05, 4.69) is 10.3 Å². The van der Waals surface area contributed by atoms with Crippen LogP contribution in [0.25, 0.3) is 11.3 Å². The molecule has 1 fully saturated rings. The number of amides is 1. The quantitative estimate of drug-likeness (QED) is 0.584. The predicted octanol–water partition coefficient (Wildman–Crippen LogP) is 2.36. The van der Waals surface area contributed by atoms with Gasteiger partial charge in [0.1, 0.15) is 17.4 Å². The van der Waals surface area contributed by atoms with Crippen LogP contribution in [-0.4, -0.2) is 62.1 Å². The van der Waals surface area contributed by atoms with Gasteiger partial charge in [-0.15, -0.1) is 0 Å². The summed E-state index contributed by atoms with van der Waals surface area (Å²) in [6.07, 6.45) is 1.71. The van der Waals surface area contributed by atoms with Gasteiger partial charge in [0.05, 0.1) is 5.75 Å². The van der Waals surface area contributed by atoms with Gasteiger partial charge in [-0.05, 0) is 48.5 Å². The Balaban J connectivity index is 1.27. The zero-order valence-corrected chi connectivity index (χ0v) is 18.1. The molecule has 10 heteroatoms. The molecule has 0 saturated carbocycles. The molecule has 0 spiro atoms. The molecule has 1 aliphatic rings. The maximum atomic E-state index is 13.1. The van der Waals surface area contributed by atoms with E-state index in [1.807, 2.05) is 23.1 Å². The van der Waals surface area contributed by atoms with E-state index < -0.39 is 15.9 Å². The number of hydrogen-bond donors (Lipinski definition) is 1. The standard InChI is InChI=1S/C22H23FN4O4S/c23-18-6-4-17(5-7-18)19-8-9-20(31-19)22(28)25-11-16-32(29,30)27-14-12-26(13-15-27)21-3-1-2-10-24-21/h1-10H,11-16H2,(H,25,28). The fraction of sp³-hybridized carbons (Fsp3) is 0.273. The van der Waals surface area contributed by atoms with Crippen LogP contribution in [-0.2, 0) is 10.0 Å². The summed E-state index contributed by atoms with van der Waals surface area (Å²) in [5, 5.41) is 2.58. The van der Waals surface area contributed by atoms with Crippen LogP contribution in [0, 0.1) is 5.82 Å². The van der Waals surface area contributed by atoms with E-state index in [0.29, 0.717) is 37.5 Å². The van der Waals surface area contributed by atoms with E-state index in [1.165, 1.54) is 22.5 Å². The molecule has 0 aliphatic carbocycles. The van der Waals surface area contributed by atoms with Gasteiger partial charge in [-0.3, -0.25) is 4.79 Å². The first-order valence-corrected chi connectivity index (χ1v) is 11.8. The van der Waals surface area contributed by atoms with E-state index in [4.69, 9.17) is 4.42 Å². The van der Waals surface area contributed by atoms with Crippen molar-refractivity contribution in [3.63, 3.8) is 0 Å². The second-order valence-electron chi connectivity index (χ2n) is 7.32. The number of sulfonamides is 1. The van der Waals surface area contributed by atoms with Crippen LogP contribution in [0.5, 0.6) is 0 Å². The zero-order valence-electron chi connectivity index (χ0n) is 17.3. The molecule has 4 rings (SSSR count). The molecular formula is C22H23FN4O4S. The first-order chi connectivity index (χ1) is 15.4. The first-order valence-electron chi connectivity index (χ1n) is 10.2. The van der Waals surface area contributed by atoms with Gasteiger partial charge in [-0.25, -0.2) is 17.8 Å². The first kappa shape index (κ1) is 22.0. The fourth-order valence-corrected chi connectivity index (χ4v) is 4.81. The topological polar surface area (TPSA) is 95.8 Å². The smallest absolute Gasteiger partial charge is 0.287 e. The van der Waals surface area contributed by atoms with E-state index in [0.717, 1.165) is 5.82 Å². The Bertz CT molecular complexity index is 1160. The molecule has 2 aromatic heterocycles. The third kappa shape index (κ3) is 5.14. The summed E-state index contributed by atoms with van der Waals surface area (Å²) in [7, 11) is -3.50. The number of rotatable bonds is 7. The number of carbonyl (C=O) groups is 1. The van der Waals surface area contributed by atoms with Crippen LogP contribution in [0.2, 0.25) is 0 Å². The summed E-state index contributed by atoms with van der Waals surface area (Å²) >= 11 is 0. The summed E-state index contributed by atoms with van der Waals surface area (Å²) in [6.45, 7) is 1.81. The van der Waals surface area contributed by atoms with Gasteiger partial charge < -0.3 is 14.6 Å². The van der Waals surface area contributed by atoms with Crippen LogP contribution >= 0.6 is 0 Å². The molecule has 32 heavy (non-hydrogen) atoms. The van der Waals surface area contributed by atoms with Gasteiger partial charge in [0, 0.05) is 44.5 Å². The van der Waals surface area contributed by atoms with Gasteiger partial charge in [0.15, 0.2) is 5.76 Å². The molecule has 0 atom stereocenters. The number of anilines is 1. The largest absolute Gasteiger partial charge is 0.451 e. The Kier molecular flexibility index (Phi) is 6.52. The van der Waals surface area contributed by atoms with E-state index in [1.54, 1.807) is 24.4 Å². The van der Waals surface area contributed by atoms with Crippen molar-refractivity contribution in [2.45, 2.75) is 0 Å². The average Bonchev–Trinajstić information content (AvgIpc) is 3.30. The molecule has 0 bridgehead atoms. The normalized spacial score (nSPS) is 15.0. The maximum Gasteiger partial charge on any atom is 0.287 e. The molecule has 1 aromatic carbocycles. The van der Waals surface area contributed by atoms with Crippen molar-refractivity contribution in [1.29, 1.82) is 0 Å². The molecule has 0 unspecified atom stereocenters. The second kappa shape index (κ2) is 9.49. The van der Waals surface area contributed by atoms with Crippen LogP contribution in [0.3, 0.4) is 0 Å². The van der Waals surface area contributed by atoms with Gasteiger partial charge in [-0.1, -0.05) is 6.07 Å². The summed E-state index contributed by atoms with van der Waals surface area (Å²) in [6, 6.07) is 14.5. The lowest BCUT2D eigenvalue weighted by Crippen LogP contribution is -2.50. The minimum atomic E-state index is -3.50. The van der Waals surface area contributed by atoms with Crippen LogP contribution in [0.15, 0.2) is 65.2 Å². The Labute approximate surface area is 185 Å². The molecule has 1 N–H and O–H groups in total. The van der Waals surface area contributed by atoms with Crippen molar-refractivity contribution in [2.24, 2.45) is 0 Å². The van der Waals surface area contributed by atoms with E-state index in [9.17, 15) is 17.6 Å². The van der Waals surface area contributed by atoms with Crippen molar-refractivity contribution < 1.29 is 22.0 Å². The molecule has 0 radical (unpaired) electrons.